The second-order valence-corrected chi connectivity index (χ2v) is 7.88. The van der Waals surface area contributed by atoms with Crippen LogP contribution in [0.5, 0.6) is 0 Å². The van der Waals surface area contributed by atoms with Crippen molar-refractivity contribution in [1.29, 1.82) is 5.26 Å². The normalized spacial score (nSPS) is 34.1. The van der Waals surface area contributed by atoms with E-state index in [9.17, 15) is 14.9 Å². The molecule has 140 valence electrons. The number of hydrogen-bond donors (Lipinski definition) is 1. The monoisotopic (exact) mass is 357 g/mol. The molecule has 7 nitrogen and oxygen atoms in total. The van der Waals surface area contributed by atoms with E-state index < -0.39 is 12.1 Å². The molecular formula is C19H27N5O2. The van der Waals surface area contributed by atoms with Gasteiger partial charge in [0.15, 0.2) is 0 Å². The highest BCUT2D eigenvalue weighted by molar-refractivity contribution is 5.84. The molecule has 3 saturated heterocycles. The zero-order valence-corrected chi connectivity index (χ0v) is 15.5. The first-order chi connectivity index (χ1) is 12.4. The zero-order chi connectivity index (χ0) is 19.0. The van der Waals surface area contributed by atoms with Crippen LogP contribution in [-0.4, -0.2) is 70.9 Å². The van der Waals surface area contributed by atoms with Crippen molar-refractivity contribution < 1.29 is 9.59 Å². The van der Waals surface area contributed by atoms with Crippen molar-refractivity contribution in [3.05, 3.63) is 0 Å². The lowest BCUT2D eigenvalue weighted by atomic mass is 9.84. The average molecular weight is 357 g/mol. The number of fused-ring (bicyclic) bond motifs is 2. The average Bonchev–Trinajstić information content (AvgIpc) is 3.17. The molecule has 3 rings (SSSR count). The number of terminal acetylenes is 1. The molecule has 0 radical (unpaired) electrons. The highest BCUT2D eigenvalue weighted by Crippen LogP contribution is 2.40. The van der Waals surface area contributed by atoms with Gasteiger partial charge in [-0.1, -0.05) is 5.92 Å². The van der Waals surface area contributed by atoms with Gasteiger partial charge in [0.25, 0.3) is 0 Å². The van der Waals surface area contributed by atoms with E-state index in [1.807, 2.05) is 4.90 Å². The van der Waals surface area contributed by atoms with Crippen molar-refractivity contribution in [1.82, 2.24) is 14.7 Å². The van der Waals surface area contributed by atoms with Crippen LogP contribution in [0.3, 0.4) is 0 Å². The lowest BCUT2D eigenvalue weighted by molar-refractivity contribution is -0.135. The Balaban J connectivity index is 1.71. The Hall–Kier alpha value is -2.25. The summed E-state index contributed by atoms with van der Waals surface area (Å²) < 4.78 is 0. The third-order valence-corrected chi connectivity index (χ3v) is 6.15. The maximum Gasteiger partial charge on any atom is 0.319 e. The van der Waals surface area contributed by atoms with Crippen molar-refractivity contribution in [2.45, 2.75) is 68.7 Å². The molecule has 0 aromatic heterocycles. The fraction of sp³-hybridized carbons (Fsp3) is 0.737. The van der Waals surface area contributed by atoms with E-state index in [0.717, 1.165) is 25.7 Å². The van der Waals surface area contributed by atoms with E-state index in [1.165, 1.54) is 4.90 Å². The molecule has 0 aromatic rings. The summed E-state index contributed by atoms with van der Waals surface area (Å²) in [6, 6.07) is 0.998. The summed E-state index contributed by atoms with van der Waals surface area (Å²) in [5, 5.41) is 9.33. The number of hydrogen-bond acceptors (Lipinski definition) is 4. The van der Waals surface area contributed by atoms with Crippen LogP contribution >= 0.6 is 0 Å². The van der Waals surface area contributed by atoms with Crippen LogP contribution in [0.1, 0.15) is 38.5 Å². The molecule has 3 unspecified atom stereocenters. The molecule has 3 aliphatic heterocycles. The number of nitriles is 1. The zero-order valence-electron chi connectivity index (χ0n) is 15.5. The molecule has 0 spiro atoms. The van der Waals surface area contributed by atoms with Crippen LogP contribution in [0.25, 0.3) is 0 Å². The summed E-state index contributed by atoms with van der Waals surface area (Å²) in [7, 11) is 3.52. The molecule has 0 aromatic carbocycles. The quantitative estimate of drug-likeness (QED) is 0.738. The largest absolute Gasteiger partial charge is 0.331 e. The van der Waals surface area contributed by atoms with E-state index in [0.29, 0.717) is 12.8 Å². The van der Waals surface area contributed by atoms with Crippen LogP contribution in [0.4, 0.5) is 4.79 Å². The summed E-state index contributed by atoms with van der Waals surface area (Å²) in [6.45, 7) is 0. The van der Waals surface area contributed by atoms with Crippen LogP contribution in [-0.2, 0) is 4.79 Å². The third kappa shape index (κ3) is 3.01. The van der Waals surface area contributed by atoms with Crippen molar-refractivity contribution in [2.24, 2.45) is 11.7 Å². The second-order valence-electron chi connectivity index (χ2n) is 7.88. The SMILES string of the molecule is C#CC1CC[C@@H](C#N)N1C(=O)[C@@H](N)C1CC2CCC(C1)N2C(=O)N(C)C. The minimum absolute atomic E-state index is 0.0181. The van der Waals surface area contributed by atoms with Gasteiger partial charge in [-0.2, -0.15) is 5.26 Å². The molecule has 3 heterocycles. The molecule has 7 heteroatoms. The van der Waals surface area contributed by atoms with Gasteiger partial charge in [0.1, 0.15) is 6.04 Å². The first kappa shape index (κ1) is 18.5. The minimum Gasteiger partial charge on any atom is -0.331 e. The van der Waals surface area contributed by atoms with Crippen LogP contribution in [0.15, 0.2) is 0 Å². The first-order valence-corrected chi connectivity index (χ1v) is 9.32. The number of urea groups is 1. The van der Waals surface area contributed by atoms with Crippen LogP contribution in [0, 0.1) is 29.6 Å². The summed E-state index contributed by atoms with van der Waals surface area (Å²) >= 11 is 0. The molecule has 0 aliphatic carbocycles. The van der Waals surface area contributed by atoms with E-state index in [2.05, 4.69) is 12.0 Å². The second kappa shape index (κ2) is 7.17. The van der Waals surface area contributed by atoms with Crippen molar-refractivity contribution in [2.75, 3.05) is 14.1 Å². The summed E-state index contributed by atoms with van der Waals surface area (Å²) in [5.41, 5.74) is 6.36. The van der Waals surface area contributed by atoms with Crippen molar-refractivity contribution in [3.63, 3.8) is 0 Å². The van der Waals surface area contributed by atoms with Gasteiger partial charge < -0.3 is 20.4 Å². The number of nitrogens with zero attached hydrogens (tertiary/aromatic N) is 4. The molecule has 2 N–H and O–H groups in total. The summed E-state index contributed by atoms with van der Waals surface area (Å²) in [6.07, 6.45) is 10.2. The van der Waals surface area contributed by atoms with Gasteiger partial charge in [-0.05, 0) is 44.4 Å². The smallest absolute Gasteiger partial charge is 0.319 e. The Morgan fingerprint density at radius 3 is 2.19 bits per heavy atom. The molecule has 3 amide bonds. The molecular weight excluding hydrogens is 330 g/mol. The van der Waals surface area contributed by atoms with Gasteiger partial charge in [0, 0.05) is 26.2 Å². The van der Waals surface area contributed by atoms with E-state index in [4.69, 9.17) is 12.2 Å². The fourth-order valence-corrected chi connectivity index (χ4v) is 4.84. The summed E-state index contributed by atoms with van der Waals surface area (Å²) in [4.78, 5) is 30.5. The molecule has 5 atom stereocenters. The maximum absolute atomic E-state index is 13.0. The number of carbonyl (C=O) groups is 2. The Morgan fingerprint density at radius 1 is 1.12 bits per heavy atom. The van der Waals surface area contributed by atoms with Gasteiger partial charge >= 0.3 is 6.03 Å². The number of carbonyl (C=O) groups excluding carboxylic acids is 2. The Kier molecular flexibility index (Phi) is 5.11. The number of likely N-dealkylation sites (tertiary alicyclic amines) is 1. The standard InChI is InChI=1S/C19H27N5O2/c1-4-13-5-8-16(11-20)23(13)18(25)17(21)12-9-14-6-7-15(10-12)24(14)19(26)22(2)3/h1,12-17H,5-10,21H2,2-3H3/t12?,13?,14?,15?,16-,17-/m0/s1. The topological polar surface area (TPSA) is 93.7 Å². The van der Waals surface area contributed by atoms with Crippen molar-refractivity contribution >= 4 is 11.9 Å². The highest BCUT2D eigenvalue weighted by Gasteiger charge is 2.48. The molecule has 2 bridgehead atoms. The molecule has 3 fully saturated rings. The van der Waals surface area contributed by atoms with Gasteiger partial charge in [-0.15, -0.1) is 6.42 Å². The third-order valence-electron chi connectivity index (χ3n) is 6.15. The van der Waals surface area contributed by atoms with Crippen molar-refractivity contribution in [3.8, 4) is 18.4 Å². The predicted octanol–water partition coefficient (Wildman–Crippen LogP) is 0.755. The van der Waals surface area contributed by atoms with Crippen LogP contribution < -0.4 is 5.73 Å². The number of rotatable bonds is 2. The van der Waals surface area contributed by atoms with Gasteiger partial charge in [-0.25, -0.2) is 4.79 Å². The predicted molar refractivity (Wildman–Crippen MR) is 96.5 cm³/mol. The molecule has 26 heavy (non-hydrogen) atoms. The number of amides is 3. The fourth-order valence-electron chi connectivity index (χ4n) is 4.84. The lowest BCUT2D eigenvalue weighted by Gasteiger charge is -2.42. The Bertz CT molecular complexity index is 628. The summed E-state index contributed by atoms with van der Waals surface area (Å²) in [5.74, 6) is 2.43. The van der Waals surface area contributed by atoms with E-state index in [-0.39, 0.29) is 36.0 Å². The Labute approximate surface area is 155 Å². The van der Waals surface area contributed by atoms with Gasteiger partial charge in [0.05, 0.1) is 18.2 Å². The van der Waals surface area contributed by atoms with Gasteiger partial charge in [-0.3, -0.25) is 4.79 Å². The van der Waals surface area contributed by atoms with E-state index >= 15 is 0 Å². The minimum atomic E-state index is -0.667. The number of nitrogens with two attached hydrogens (primary N) is 1. The molecule has 0 saturated carbocycles. The highest BCUT2D eigenvalue weighted by atomic mass is 16.2. The maximum atomic E-state index is 13.0. The van der Waals surface area contributed by atoms with Crippen LogP contribution in [0.2, 0.25) is 0 Å². The first-order valence-electron chi connectivity index (χ1n) is 9.32. The van der Waals surface area contributed by atoms with E-state index in [1.54, 1.807) is 19.0 Å². The number of piperidine rings is 1. The van der Waals surface area contributed by atoms with Gasteiger partial charge in [0.2, 0.25) is 5.91 Å². The Morgan fingerprint density at radius 2 is 1.69 bits per heavy atom. The lowest BCUT2D eigenvalue weighted by Crippen LogP contribution is -2.57. The molecule has 3 aliphatic rings.